The Hall–Kier alpha value is -2.65. The summed E-state index contributed by atoms with van der Waals surface area (Å²) in [7, 11) is 1.40. The Kier molecular flexibility index (Phi) is 4.27. The van der Waals surface area contributed by atoms with Crippen LogP contribution in [-0.2, 0) is 5.66 Å². The maximum absolute atomic E-state index is 13.3. The third-order valence-electron chi connectivity index (χ3n) is 5.11. The number of hydrogen-bond donors (Lipinski definition) is 2. The average molecular weight is 392 g/mol. The van der Waals surface area contributed by atoms with E-state index in [0.29, 0.717) is 17.9 Å². The van der Waals surface area contributed by atoms with Crippen molar-refractivity contribution in [3.8, 4) is 5.75 Å². The van der Waals surface area contributed by atoms with Crippen LogP contribution in [0.5, 0.6) is 5.75 Å². The molecular weight excluding hydrogens is 374 g/mol. The van der Waals surface area contributed by atoms with Gasteiger partial charge in [-0.05, 0) is 31.7 Å². The first-order valence-electron chi connectivity index (χ1n) is 8.60. The number of fused-ring (bicyclic) bond motifs is 2. The van der Waals surface area contributed by atoms with E-state index < -0.39 is 11.2 Å². The first-order chi connectivity index (χ1) is 13.0. The second kappa shape index (κ2) is 6.50. The van der Waals surface area contributed by atoms with Gasteiger partial charge in [-0.2, -0.15) is 5.06 Å². The quantitative estimate of drug-likeness (QED) is 0.771. The Morgan fingerprint density at radius 1 is 1.33 bits per heavy atom. The van der Waals surface area contributed by atoms with E-state index in [1.54, 1.807) is 0 Å². The van der Waals surface area contributed by atoms with Crippen molar-refractivity contribution < 1.29 is 14.7 Å². The van der Waals surface area contributed by atoms with Crippen LogP contribution < -0.4 is 20.7 Å². The van der Waals surface area contributed by atoms with Gasteiger partial charge in [0.05, 0.1) is 18.3 Å². The number of pyridine rings is 1. The molecule has 1 fully saturated rings. The molecule has 0 bridgehead atoms. The Morgan fingerprint density at radius 3 is 2.78 bits per heavy atom. The van der Waals surface area contributed by atoms with Crippen molar-refractivity contribution in [1.29, 1.82) is 0 Å². The van der Waals surface area contributed by atoms with Crippen LogP contribution in [0.1, 0.15) is 42.6 Å². The highest BCUT2D eigenvalue weighted by Gasteiger charge is 2.46. The van der Waals surface area contributed by atoms with Gasteiger partial charge in [-0.3, -0.25) is 19.4 Å². The monoisotopic (exact) mass is 391 g/mol. The van der Waals surface area contributed by atoms with E-state index in [1.165, 1.54) is 30.3 Å². The Balaban J connectivity index is 1.90. The lowest BCUT2D eigenvalue weighted by Crippen LogP contribution is -2.49. The van der Waals surface area contributed by atoms with Crippen LogP contribution >= 0.6 is 11.6 Å². The van der Waals surface area contributed by atoms with Crippen LogP contribution in [-0.4, -0.2) is 32.8 Å². The number of rotatable bonds is 3. The molecule has 2 N–H and O–H groups in total. The molecule has 142 valence electrons. The van der Waals surface area contributed by atoms with Crippen molar-refractivity contribution in [1.82, 2.24) is 19.9 Å². The number of nitrogens with one attached hydrogen (secondary N) is 1. The zero-order valence-corrected chi connectivity index (χ0v) is 15.4. The lowest BCUT2D eigenvalue weighted by molar-refractivity contribution is 0.0877. The molecule has 2 aromatic heterocycles. The standard InChI is InChI=1S/C17H18ClN5O4/c1-27-12-8-19-9-20-14(12)23(26)11-7-10(18)13-15(24)21-17(22(13)16(11)25)5-3-2-4-6-17/h7-9,26H,2-6H2,1H3,(H,21,24). The second-order valence-corrected chi connectivity index (χ2v) is 7.05. The summed E-state index contributed by atoms with van der Waals surface area (Å²) >= 11 is 6.33. The number of anilines is 2. The average Bonchev–Trinajstić information content (AvgIpc) is 2.96. The fourth-order valence-corrected chi connectivity index (χ4v) is 4.16. The van der Waals surface area contributed by atoms with Crippen molar-refractivity contribution in [2.75, 3.05) is 12.2 Å². The zero-order valence-electron chi connectivity index (χ0n) is 14.6. The number of amides is 1. The lowest BCUT2D eigenvalue weighted by atomic mass is 9.89. The van der Waals surface area contributed by atoms with Crippen LogP contribution in [0, 0.1) is 0 Å². The maximum Gasteiger partial charge on any atom is 0.279 e. The third kappa shape index (κ3) is 2.65. The van der Waals surface area contributed by atoms with Gasteiger partial charge >= 0.3 is 0 Å². The van der Waals surface area contributed by atoms with Gasteiger partial charge in [0.15, 0.2) is 5.75 Å². The van der Waals surface area contributed by atoms with Gasteiger partial charge in [-0.15, -0.1) is 0 Å². The van der Waals surface area contributed by atoms with E-state index >= 15 is 0 Å². The number of nitrogens with zero attached hydrogens (tertiary/aromatic N) is 4. The Labute approximate surface area is 159 Å². The number of aromatic nitrogens is 3. The molecule has 1 spiro atoms. The van der Waals surface area contributed by atoms with Crippen molar-refractivity contribution in [3.05, 3.63) is 39.7 Å². The highest BCUT2D eigenvalue weighted by Crippen LogP contribution is 2.39. The molecule has 2 aliphatic rings. The van der Waals surface area contributed by atoms with Crippen LogP contribution in [0.3, 0.4) is 0 Å². The molecule has 0 radical (unpaired) electrons. The summed E-state index contributed by atoms with van der Waals surface area (Å²) in [5.74, 6) is -0.201. The zero-order chi connectivity index (χ0) is 19.2. The molecule has 1 aliphatic heterocycles. The number of methoxy groups -OCH3 is 1. The summed E-state index contributed by atoms with van der Waals surface area (Å²) in [6.07, 6.45) is 6.67. The molecule has 1 saturated carbocycles. The summed E-state index contributed by atoms with van der Waals surface area (Å²) in [6.45, 7) is 0. The minimum atomic E-state index is -0.808. The van der Waals surface area contributed by atoms with E-state index in [2.05, 4.69) is 15.3 Å². The molecule has 27 heavy (non-hydrogen) atoms. The predicted octanol–water partition coefficient (Wildman–Crippen LogP) is 2.19. The summed E-state index contributed by atoms with van der Waals surface area (Å²) < 4.78 is 6.53. The summed E-state index contributed by atoms with van der Waals surface area (Å²) in [5, 5.41) is 14.3. The van der Waals surface area contributed by atoms with Gasteiger partial charge in [0, 0.05) is 0 Å². The number of halogens is 1. The topological polar surface area (TPSA) is 110 Å². The van der Waals surface area contributed by atoms with E-state index in [4.69, 9.17) is 16.3 Å². The van der Waals surface area contributed by atoms with E-state index in [9.17, 15) is 14.8 Å². The van der Waals surface area contributed by atoms with E-state index in [1.807, 2.05) is 0 Å². The van der Waals surface area contributed by atoms with Crippen LogP contribution in [0.15, 0.2) is 23.4 Å². The van der Waals surface area contributed by atoms with E-state index in [-0.39, 0.29) is 33.9 Å². The van der Waals surface area contributed by atoms with Crippen molar-refractivity contribution in [2.45, 2.75) is 37.8 Å². The van der Waals surface area contributed by atoms with Crippen LogP contribution in [0.2, 0.25) is 5.02 Å². The number of carbonyl (C=O) groups is 1. The summed E-state index contributed by atoms with van der Waals surface area (Å²) in [4.78, 5) is 33.6. The normalized spacial score (nSPS) is 17.5. The molecule has 1 aliphatic carbocycles. The molecule has 3 heterocycles. The van der Waals surface area contributed by atoms with Gasteiger partial charge < -0.3 is 10.1 Å². The Bertz CT molecular complexity index is 970. The van der Waals surface area contributed by atoms with Crippen molar-refractivity contribution in [2.24, 2.45) is 0 Å². The fourth-order valence-electron chi connectivity index (χ4n) is 3.88. The molecule has 0 aromatic carbocycles. The molecule has 0 saturated heterocycles. The fraction of sp³-hybridized carbons (Fsp3) is 0.412. The molecule has 4 rings (SSSR count). The molecule has 0 unspecified atom stereocenters. The van der Waals surface area contributed by atoms with Gasteiger partial charge in [0.25, 0.3) is 11.5 Å². The molecule has 0 atom stereocenters. The molecule has 2 aromatic rings. The SMILES string of the molecule is COc1cncnc1N(O)c1cc(Cl)c2n(c1=O)C1(CCCCC1)NC2=O. The minimum Gasteiger partial charge on any atom is -0.491 e. The first kappa shape index (κ1) is 17.7. The van der Waals surface area contributed by atoms with Gasteiger partial charge in [-0.1, -0.05) is 18.0 Å². The smallest absolute Gasteiger partial charge is 0.279 e. The third-order valence-corrected chi connectivity index (χ3v) is 5.40. The highest BCUT2D eigenvalue weighted by atomic mass is 35.5. The molecule has 1 amide bonds. The molecule has 10 heteroatoms. The summed E-state index contributed by atoms with van der Waals surface area (Å²) in [6, 6.07) is 1.26. The highest BCUT2D eigenvalue weighted by molar-refractivity contribution is 6.34. The largest absolute Gasteiger partial charge is 0.491 e. The summed E-state index contributed by atoms with van der Waals surface area (Å²) in [5.41, 5.74) is -1.34. The maximum atomic E-state index is 13.3. The van der Waals surface area contributed by atoms with Crippen LogP contribution in [0.4, 0.5) is 11.5 Å². The minimum absolute atomic E-state index is 0.00352. The van der Waals surface area contributed by atoms with Gasteiger partial charge in [0.2, 0.25) is 5.82 Å². The Morgan fingerprint density at radius 2 is 2.07 bits per heavy atom. The number of ether oxygens (including phenoxy) is 1. The van der Waals surface area contributed by atoms with Crippen molar-refractivity contribution in [3.63, 3.8) is 0 Å². The van der Waals surface area contributed by atoms with Gasteiger partial charge in [0.1, 0.15) is 23.4 Å². The van der Waals surface area contributed by atoms with E-state index in [0.717, 1.165) is 19.3 Å². The lowest BCUT2D eigenvalue weighted by Gasteiger charge is -2.35. The molecule has 9 nitrogen and oxygen atoms in total. The number of carbonyl (C=O) groups excluding carboxylic acids is 1. The molecular formula is C17H18ClN5O4. The van der Waals surface area contributed by atoms with Crippen LogP contribution in [0.25, 0.3) is 0 Å². The second-order valence-electron chi connectivity index (χ2n) is 6.64. The van der Waals surface area contributed by atoms with Crippen molar-refractivity contribution >= 4 is 29.0 Å². The predicted molar refractivity (Wildman–Crippen MR) is 96.7 cm³/mol. The number of hydrogen-bond acceptors (Lipinski definition) is 7. The van der Waals surface area contributed by atoms with Gasteiger partial charge in [-0.25, -0.2) is 9.97 Å². The first-order valence-corrected chi connectivity index (χ1v) is 8.98.